The lowest BCUT2D eigenvalue weighted by Crippen LogP contribution is -2.30. The van der Waals surface area contributed by atoms with Gasteiger partial charge in [-0.25, -0.2) is 13.2 Å². The fraction of sp³-hybridized carbons (Fsp3) is 0.125. The molecular formula is C16H13NO5S. The number of carboxylic acids is 1. The number of carbonyl (C=O) groups excluding carboxylic acids is 1. The van der Waals surface area contributed by atoms with E-state index in [0.29, 0.717) is 0 Å². The largest absolute Gasteiger partial charge is 0.478 e. The monoisotopic (exact) mass is 331 g/mol. The van der Waals surface area contributed by atoms with E-state index in [2.05, 4.69) is 0 Å². The van der Waals surface area contributed by atoms with Crippen molar-refractivity contribution in [2.24, 2.45) is 0 Å². The average Bonchev–Trinajstić information content (AvgIpc) is 2.61. The summed E-state index contributed by atoms with van der Waals surface area (Å²) in [7, 11) is -3.91. The summed E-state index contributed by atoms with van der Waals surface area (Å²) in [5, 5.41) is 9.13. The minimum absolute atomic E-state index is 0.0646. The van der Waals surface area contributed by atoms with Crippen LogP contribution in [0.25, 0.3) is 0 Å². The van der Waals surface area contributed by atoms with Crippen molar-refractivity contribution in [1.82, 2.24) is 0 Å². The Balaban J connectivity index is 2.41. The molecule has 0 saturated heterocycles. The van der Waals surface area contributed by atoms with Crippen molar-refractivity contribution in [3.8, 4) is 0 Å². The number of amides is 1. The quantitative estimate of drug-likeness (QED) is 0.911. The van der Waals surface area contributed by atoms with E-state index < -0.39 is 21.7 Å². The molecule has 1 aliphatic heterocycles. The zero-order valence-corrected chi connectivity index (χ0v) is 13.0. The molecule has 0 aliphatic carbocycles. The molecule has 0 atom stereocenters. The van der Waals surface area contributed by atoms with E-state index in [1.54, 1.807) is 19.1 Å². The van der Waals surface area contributed by atoms with Gasteiger partial charge in [-0.1, -0.05) is 12.1 Å². The lowest BCUT2D eigenvalue weighted by molar-refractivity contribution is 0.0696. The van der Waals surface area contributed by atoms with Gasteiger partial charge in [0.15, 0.2) is 0 Å². The van der Waals surface area contributed by atoms with Gasteiger partial charge in [0.2, 0.25) is 9.84 Å². The Bertz CT molecular complexity index is 933. The first-order chi connectivity index (χ1) is 10.9. The van der Waals surface area contributed by atoms with Crippen molar-refractivity contribution in [3.63, 3.8) is 0 Å². The molecule has 2 aromatic carbocycles. The number of sulfone groups is 1. The Kier molecular flexibility index (Phi) is 3.45. The first-order valence-electron chi connectivity index (χ1n) is 6.91. The van der Waals surface area contributed by atoms with Gasteiger partial charge in [0.05, 0.1) is 26.6 Å². The maximum Gasteiger partial charge on any atom is 0.335 e. The van der Waals surface area contributed by atoms with Gasteiger partial charge in [0.1, 0.15) is 0 Å². The summed E-state index contributed by atoms with van der Waals surface area (Å²) in [5.74, 6) is -1.65. The van der Waals surface area contributed by atoms with Crippen LogP contribution in [0.5, 0.6) is 0 Å². The van der Waals surface area contributed by atoms with Crippen LogP contribution in [0.2, 0.25) is 0 Å². The number of rotatable bonds is 2. The number of fused-ring (bicyclic) bond motifs is 2. The van der Waals surface area contributed by atoms with E-state index in [0.717, 1.165) is 0 Å². The molecule has 0 aromatic heterocycles. The zero-order valence-electron chi connectivity index (χ0n) is 12.2. The highest BCUT2D eigenvalue weighted by Gasteiger charge is 2.35. The number of benzene rings is 2. The fourth-order valence-electron chi connectivity index (χ4n) is 2.65. The van der Waals surface area contributed by atoms with Crippen LogP contribution in [-0.4, -0.2) is 31.9 Å². The average molecular weight is 331 g/mol. The third kappa shape index (κ3) is 2.20. The fourth-order valence-corrected chi connectivity index (χ4v) is 4.28. The molecule has 1 heterocycles. The molecule has 1 aliphatic rings. The standard InChI is InChI=1S/C16H13NO5S/c1-2-17-12-9-10(16(19)20)7-8-14(12)23(21,22)13-6-4-3-5-11(13)15(17)18/h3-9H,2H2,1H3,(H,19,20). The van der Waals surface area contributed by atoms with Gasteiger partial charge >= 0.3 is 5.97 Å². The second-order valence-corrected chi connectivity index (χ2v) is 6.92. The van der Waals surface area contributed by atoms with Crippen LogP contribution in [0.4, 0.5) is 5.69 Å². The van der Waals surface area contributed by atoms with E-state index in [9.17, 15) is 18.0 Å². The highest BCUT2D eigenvalue weighted by Crippen LogP contribution is 2.37. The summed E-state index contributed by atoms with van der Waals surface area (Å²) < 4.78 is 25.8. The Morgan fingerprint density at radius 1 is 1.13 bits per heavy atom. The number of aromatic carboxylic acids is 1. The topological polar surface area (TPSA) is 91.8 Å². The summed E-state index contributed by atoms with van der Waals surface area (Å²) in [6.45, 7) is 1.93. The second kappa shape index (κ2) is 5.20. The Morgan fingerprint density at radius 3 is 2.48 bits per heavy atom. The molecule has 2 aromatic rings. The molecule has 23 heavy (non-hydrogen) atoms. The molecule has 0 unspecified atom stereocenters. The summed E-state index contributed by atoms with van der Waals surface area (Å²) >= 11 is 0. The molecule has 0 spiro atoms. The smallest absolute Gasteiger partial charge is 0.335 e. The molecule has 1 amide bonds. The number of anilines is 1. The maximum absolute atomic E-state index is 12.9. The van der Waals surface area contributed by atoms with E-state index in [-0.39, 0.29) is 33.2 Å². The van der Waals surface area contributed by atoms with E-state index in [1.807, 2.05) is 0 Å². The number of hydrogen-bond acceptors (Lipinski definition) is 4. The van der Waals surface area contributed by atoms with Crippen molar-refractivity contribution in [3.05, 3.63) is 53.6 Å². The number of carboxylic acid groups (broad SMARTS) is 1. The number of hydrogen-bond donors (Lipinski definition) is 1. The van der Waals surface area contributed by atoms with Crippen molar-refractivity contribution >= 4 is 27.4 Å². The lowest BCUT2D eigenvalue weighted by atomic mass is 10.1. The normalized spacial score (nSPS) is 15.5. The van der Waals surface area contributed by atoms with E-state index in [4.69, 9.17) is 5.11 Å². The molecule has 0 saturated carbocycles. The highest BCUT2D eigenvalue weighted by atomic mass is 32.2. The van der Waals surface area contributed by atoms with Crippen molar-refractivity contribution in [2.45, 2.75) is 16.7 Å². The predicted octanol–water partition coefficient (Wildman–Crippen LogP) is 2.20. The van der Waals surface area contributed by atoms with Crippen LogP contribution in [-0.2, 0) is 9.84 Å². The lowest BCUT2D eigenvalue weighted by Gasteiger charge is -2.21. The summed E-state index contributed by atoms with van der Waals surface area (Å²) in [5.41, 5.74) is 0.104. The molecule has 0 fully saturated rings. The van der Waals surface area contributed by atoms with Crippen LogP contribution in [0.15, 0.2) is 52.3 Å². The molecule has 0 radical (unpaired) electrons. The van der Waals surface area contributed by atoms with Gasteiger partial charge in [0.25, 0.3) is 5.91 Å². The summed E-state index contributed by atoms with van der Waals surface area (Å²) in [6.07, 6.45) is 0. The summed E-state index contributed by atoms with van der Waals surface area (Å²) in [4.78, 5) is 25.0. The predicted molar refractivity (Wildman–Crippen MR) is 82.6 cm³/mol. The van der Waals surface area contributed by atoms with Gasteiger partial charge in [-0.3, -0.25) is 4.79 Å². The number of nitrogens with zero attached hydrogens (tertiary/aromatic N) is 1. The molecular weight excluding hydrogens is 318 g/mol. The van der Waals surface area contributed by atoms with Crippen molar-refractivity contribution in [2.75, 3.05) is 11.4 Å². The first kappa shape index (κ1) is 15.2. The number of carbonyl (C=O) groups is 2. The van der Waals surface area contributed by atoms with E-state index >= 15 is 0 Å². The molecule has 1 N–H and O–H groups in total. The third-order valence-corrected chi connectivity index (χ3v) is 5.61. The molecule has 118 valence electrons. The molecule has 3 rings (SSSR count). The highest BCUT2D eigenvalue weighted by molar-refractivity contribution is 7.91. The second-order valence-electron chi connectivity index (χ2n) is 5.04. The minimum atomic E-state index is -3.91. The van der Waals surface area contributed by atoms with Crippen LogP contribution in [0, 0.1) is 0 Å². The zero-order chi connectivity index (χ0) is 16.8. The Hall–Kier alpha value is -2.67. The van der Waals surface area contributed by atoms with Crippen molar-refractivity contribution in [1.29, 1.82) is 0 Å². The van der Waals surface area contributed by atoms with Gasteiger partial charge in [0, 0.05) is 6.54 Å². The Labute approximate surface area is 132 Å². The van der Waals surface area contributed by atoms with Crippen LogP contribution < -0.4 is 4.90 Å². The van der Waals surface area contributed by atoms with E-state index in [1.165, 1.54) is 35.2 Å². The molecule has 0 bridgehead atoms. The van der Waals surface area contributed by atoms with Gasteiger partial charge in [-0.15, -0.1) is 0 Å². The van der Waals surface area contributed by atoms with Crippen LogP contribution >= 0.6 is 0 Å². The van der Waals surface area contributed by atoms with Crippen LogP contribution in [0.1, 0.15) is 27.6 Å². The third-order valence-electron chi connectivity index (χ3n) is 3.75. The molecule has 6 nitrogen and oxygen atoms in total. The van der Waals surface area contributed by atoms with Gasteiger partial charge in [-0.05, 0) is 37.3 Å². The van der Waals surface area contributed by atoms with Crippen LogP contribution in [0.3, 0.4) is 0 Å². The maximum atomic E-state index is 12.9. The minimum Gasteiger partial charge on any atom is -0.478 e. The van der Waals surface area contributed by atoms with Gasteiger partial charge < -0.3 is 10.0 Å². The Morgan fingerprint density at radius 2 is 1.83 bits per heavy atom. The summed E-state index contributed by atoms with van der Waals surface area (Å²) in [6, 6.07) is 9.69. The molecule has 7 heteroatoms. The SMILES string of the molecule is CCN1C(=O)c2ccccc2S(=O)(=O)c2ccc(C(=O)O)cc21. The van der Waals surface area contributed by atoms with Gasteiger partial charge in [-0.2, -0.15) is 0 Å². The first-order valence-corrected chi connectivity index (χ1v) is 8.39. The van der Waals surface area contributed by atoms with Crippen molar-refractivity contribution < 1.29 is 23.1 Å².